The average Bonchev–Trinajstić information content (AvgIpc) is 2.31. The van der Waals surface area contributed by atoms with Crippen molar-refractivity contribution in [1.82, 2.24) is 10.2 Å². The molecule has 0 saturated carbocycles. The number of nitrogens with zero attached hydrogens (tertiary/aromatic N) is 1. The number of likely N-dealkylation sites (N-methyl/N-ethyl adjacent to an activating group) is 1. The lowest BCUT2D eigenvalue weighted by Crippen LogP contribution is -2.41. The van der Waals surface area contributed by atoms with E-state index < -0.39 is 12.1 Å². The fourth-order valence-corrected chi connectivity index (χ4v) is 1.76. The number of amides is 1. The topological polar surface area (TPSA) is 58.4 Å². The second-order valence-electron chi connectivity index (χ2n) is 3.44. The summed E-state index contributed by atoms with van der Waals surface area (Å²) in [6.07, 6.45) is -0.327. The first kappa shape index (κ1) is 17.3. The minimum absolute atomic E-state index is 0. The van der Waals surface area contributed by atoms with E-state index in [2.05, 4.69) is 5.32 Å². The summed E-state index contributed by atoms with van der Waals surface area (Å²) < 4.78 is 13.0. The van der Waals surface area contributed by atoms with Crippen LogP contribution in [0, 0.1) is 0 Å². The monoisotopic (exact) mass is 261 g/mol. The van der Waals surface area contributed by atoms with Gasteiger partial charge in [0.15, 0.2) is 0 Å². The second kappa shape index (κ2) is 8.10. The SMILES string of the molecule is CNCC1CC(F)CN1CC(N)=O.Cl.Cl. The van der Waals surface area contributed by atoms with Crippen molar-refractivity contribution in [1.29, 1.82) is 0 Å². The molecule has 3 N–H and O–H groups in total. The van der Waals surface area contributed by atoms with E-state index in [9.17, 15) is 9.18 Å². The van der Waals surface area contributed by atoms with E-state index in [0.29, 0.717) is 19.5 Å². The van der Waals surface area contributed by atoms with Crippen LogP contribution in [0.5, 0.6) is 0 Å². The van der Waals surface area contributed by atoms with Crippen LogP contribution in [0.15, 0.2) is 0 Å². The summed E-state index contributed by atoms with van der Waals surface area (Å²) in [5.41, 5.74) is 5.05. The third kappa shape index (κ3) is 5.51. The lowest BCUT2D eigenvalue weighted by atomic mass is 10.2. The fraction of sp³-hybridized carbons (Fsp3) is 0.875. The highest BCUT2D eigenvalue weighted by Crippen LogP contribution is 2.18. The highest BCUT2D eigenvalue weighted by atomic mass is 35.5. The average molecular weight is 262 g/mol. The second-order valence-corrected chi connectivity index (χ2v) is 3.44. The zero-order valence-corrected chi connectivity index (χ0v) is 10.2. The molecular formula is C8H18Cl2FN3O. The van der Waals surface area contributed by atoms with Crippen molar-refractivity contribution in [2.45, 2.75) is 18.6 Å². The van der Waals surface area contributed by atoms with Gasteiger partial charge in [-0.25, -0.2) is 4.39 Å². The molecule has 0 radical (unpaired) electrons. The molecule has 1 rings (SSSR count). The summed E-state index contributed by atoms with van der Waals surface area (Å²) in [5.74, 6) is -0.393. The number of hydrogen-bond acceptors (Lipinski definition) is 3. The van der Waals surface area contributed by atoms with Gasteiger partial charge in [0.1, 0.15) is 6.17 Å². The first-order valence-corrected chi connectivity index (χ1v) is 4.44. The van der Waals surface area contributed by atoms with E-state index in [1.54, 1.807) is 4.90 Å². The molecule has 15 heavy (non-hydrogen) atoms. The van der Waals surface area contributed by atoms with Gasteiger partial charge in [-0.3, -0.25) is 9.69 Å². The largest absolute Gasteiger partial charge is 0.369 e. The molecule has 0 aromatic rings. The van der Waals surface area contributed by atoms with E-state index >= 15 is 0 Å². The molecule has 7 heteroatoms. The van der Waals surface area contributed by atoms with Gasteiger partial charge in [-0.05, 0) is 13.5 Å². The number of hydrogen-bond donors (Lipinski definition) is 2. The molecule has 0 bridgehead atoms. The van der Waals surface area contributed by atoms with E-state index in [4.69, 9.17) is 5.73 Å². The van der Waals surface area contributed by atoms with Crippen LogP contribution >= 0.6 is 24.8 Å². The third-order valence-corrected chi connectivity index (χ3v) is 2.28. The van der Waals surface area contributed by atoms with Crippen LogP contribution in [0.2, 0.25) is 0 Å². The van der Waals surface area contributed by atoms with E-state index in [1.807, 2.05) is 7.05 Å². The smallest absolute Gasteiger partial charge is 0.231 e. The molecule has 1 amide bonds. The van der Waals surface area contributed by atoms with E-state index in [1.165, 1.54) is 0 Å². The maximum atomic E-state index is 13.0. The Morgan fingerprint density at radius 2 is 2.20 bits per heavy atom. The summed E-state index contributed by atoms with van der Waals surface area (Å²) in [7, 11) is 1.81. The predicted octanol–water partition coefficient (Wildman–Crippen LogP) is -0.0529. The number of nitrogens with two attached hydrogens (primary N) is 1. The molecule has 2 unspecified atom stereocenters. The number of rotatable bonds is 4. The minimum Gasteiger partial charge on any atom is -0.369 e. The molecule has 0 aromatic carbocycles. The Bertz CT molecular complexity index is 197. The van der Waals surface area contributed by atoms with Crippen molar-refractivity contribution in [3.05, 3.63) is 0 Å². The third-order valence-electron chi connectivity index (χ3n) is 2.28. The van der Waals surface area contributed by atoms with Gasteiger partial charge in [0.05, 0.1) is 6.54 Å². The molecule has 92 valence electrons. The summed E-state index contributed by atoms with van der Waals surface area (Å²) in [5, 5.41) is 2.97. The molecule has 0 spiro atoms. The molecule has 0 aliphatic carbocycles. The van der Waals surface area contributed by atoms with Crippen LogP contribution in [0.25, 0.3) is 0 Å². The van der Waals surface area contributed by atoms with Gasteiger partial charge in [-0.15, -0.1) is 24.8 Å². The Morgan fingerprint density at radius 3 is 2.67 bits per heavy atom. The molecule has 4 nitrogen and oxygen atoms in total. The van der Waals surface area contributed by atoms with Crippen molar-refractivity contribution in [3.8, 4) is 0 Å². The molecule has 0 aromatic heterocycles. The molecule has 2 atom stereocenters. The van der Waals surface area contributed by atoms with Gasteiger partial charge < -0.3 is 11.1 Å². The van der Waals surface area contributed by atoms with Gasteiger partial charge in [0.2, 0.25) is 5.91 Å². The summed E-state index contributed by atoms with van der Waals surface area (Å²) in [6.45, 7) is 1.19. The highest BCUT2D eigenvalue weighted by molar-refractivity contribution is 5.85. The molecule has 1 saturated heterocycles. The van der Waals surface area contributed by atoms with Gasteiger partial charge in [0.25, 0.3) is 0 Å². The van der Waals surface area contributed by atoms with Crippen LogP contribution in [0.3, 0.4) is 0 Å². The first-order valence-electron chi connectivity index (χ1n) is 4.44. The van der Waals surface area contributed by atoms with Crippen molar-refractivity contribution < 1.29 is 9.18 Å². The number of likely N-dealkylation sites (tertiary alicyclic amines) is 1. The Hall–Kier alpha value is -0.100. The molecule has 1 aliphatic rings. The molecule has 1 heterocycles. The lowest BCUT2D eigenvalue weighted by molar-refractivity contribution is -0.119. The summed E-state index contributed by atoms with van der Waals surface area (Å²) >= 11 is 0. The molecule has 1 fully saturated rings. The standard InChI is InChI=1S/C8H16FN3O.2ClH/c1-11-3-7-2-6(9)4-12(7)5-8(10)13;;/h6-7,11H,2-5H2,1H3,(H2,10,13);2*1H. The van der Waals surface area contributed by atoms with Gasteiger partial charge >= 0.3 is 0 Å². The normalized spacial score (nSPS) is 25.5. The zero-order valence-electron chi connectivity index (χ0n) is 8.61. The van der Waals surface area contributed by atoms with Crippen LogP contribution < -0.4 is 11.1 Å². The maximum Gasteiger partial charge on any atom is 0.231 e. The Kier molecular flexibility index (Phi) is 9.34. The first-order chi connectivity index (χ1) is 6.13. The number of alkyl halides is 1. The van der Waals surface area contributed by atoms with Crippen molar-refractivity contribution in [3.63, 3.8) is 0 Å². The predicted molar refractivity (Wildman–Crippen MR) is 62.5 cm³/mol. The van der Waals surface area contributed by atoms with Crippen LogP contribution in [-0.4, -0.2) is 49.7 Å². The number of carbonyl (C=O) groups excluding carboxylic acids is 1. The highest BCUT2D eigenvalue weighted by Gasteiger charge is 2.31. The summed E-state index contributed by atoms with van der Waals surface area (Å²) in [6, 6.07) is 0.104. The number of halogens is 3. The van der Waals surface area contributed by atoms with Gasteiger partial charge in [-0.1, -0.05) is 0 Å². The van der Waals surface area contributed by atoms with Crippen LogP contribution in [-0.2, 0) is 4.79 Å². The number of carbonyl (C=O) groups is 1. The lowest BCUT2D eigenvalue weighted by Gasteiger charge is -2.21. The van der Waals surface area contributed by atoms with Crippen molar-refractivity contribution in [2.75, 3.05) is 26.7 Å². The van der Waals surface area contributed by atoms with Gasteiger partial charge in [-0.2, -0.15) is 0 Å². The van der Waals surface area contributed by atoms with E-state index in [-0.39, 0.29) is 37.4 Å². The zero-order chi connectivity index (χ0) is 9.84. The van der Waals surface area contributed by atoms with Crippen LogP contribution in [0.4, 0.5) is 4.39 Å². The van der Waals surface area contributed by atoms with E-state index in [0.717, 1.165) is 0 Å². The Balaban J connectivity index is 0. The number of nitrogens with one attached hydrogen (secondary N) is 1. The fourth-order valence-electron chi connectivity index (χ4n) is 1.76. The van der Waals surface area contributed by atoms with Gasteiger partial charge in [0, 0.05) is 19.1 Å². The summed E-state index contributed by atoms with van der Waals surface area (Å²) in [4.78, 5) is 12.4. The van der Waals surface area contributed by atoms with Crippen molar-refractivity contribution >= 4 is 30.7 Å². The molecular weight excluding hydrogens is 244 g/mol. The Morgan fingerprint density at radius 1 is 1.60 bits per heavy atom. The van der Waals surface area contributed by atoms with Crippen LogP contribution in [0.1, 0.15) is 6.42 Å². The maximum absolute atomic E-state index is 13.0. The Labute approximate surface area is 102 Å². The number of primary amides is 1. The van der Waals surface area contributed by atoms with Crippen molar-refractivity contribution in [2.24, 2.45) is 5.73 Å². The molecule has 1 aliphatic heterocycles. The minimum atomic E-state index is -0.822. The quantitative estimate of drug-likeness (QED) is 0.746.